The maximum absolute atomic E-state index is 8.80. The zero-order chi connectivity index (χ0) is 15.7. The number of aliphatic hydroxyl groups is 1. The molecule has 0 spiro atoms. The number of hydrogen-bond donors (Lipinski definition) is 2. The molecule has 0 aliphatic carbocycles. The fraction of sp³-hybridized carbons (Fsp3) is 0.647. The van der Waals surface area contributed by atoms with E-state index in [0.29, 0.717) is 12.5 Å². The van der Waals surface area contributed by atoms with Gasteiger partial charge >= 0.3 is 0 Å². The topological polar surface area (TPSA) is 35.5 Å². The third-order valence-corrected chi connectivity index (χ3v) is 4.09. The van der Waals surface area contributed by atoms with Gasteiger partial charge in [-0.3, -0.25) is 0 Å². The molecule has 0 bridgehead atoms. The van der Waals surface area contributed by atoms with Crippen LogP contribution in [0.25, 0.3) is 0 Å². The molecule has 0 atom stereocenters. The summed E-state index contributed by atoms with van der Waals surface area (Å²) in [6.45, 7) is 7.71. The van der Waals surface area contributed by atoms with Crippen LogP contribution in [0.2, 0.25) is 0 Å². The molecule has 21 heavy (non-hydrogen) atoms. The highest BCUT2D eigenvalue weighted by Gasteiger charge is 2.06. The molecule has 2 N–H and O–H groups in total. The molecule has 0 amide bonds. The van der Waals surface area contributed by atoms with Crippen LogP contribution in [0.1, 0.15) is 38.7 Å². The van der Waals surface area contributed by atoms with Crippen molar-refractivity contribution in [2.75, 3.05) is 31.6 Å². The number of nitrogens with one attached hydrogen (secondary N) is 1. The van der Waals surface area contributed by atoms with E-state index in [2.05, 4.69) is 65.2 Å². The lowest BCUT2D eigenvalue weighted by Gasteiger charge is -2.21. The van der Waals surface area contributed by atoms with Gasteiger partial charge in [0, 0.05) is 31.2 Å². The van der Waals surface area contributed by atoms with Crippen molar-refractivity contribution in [3.05, 3.63) is 28.2 Å². The first-order valence-electron chi connectivity index (χ1n) is 7.85. The van der Waals surface area contributed by atoms with Gasteiger partial charge < -0.3 is 15.3 Å². The molecule has 0 aromatic heterocycles. The molecule has 4 heteroatoms. The number of rotatable bonds is 10. The summed E-state index contributed by atoms with van der Waals surface area (Å²) in [6, 6.07) is 6.58. The van der Waals surface area contributed by atoms with Gasteiger partial charge in [0.2, 0.25) is 0 Å². The van der Waals surface area contributed by atoms with Crippen LogP contribution in [0, 0.1) is 5.92 Å². The Balaban J connectivity index is 2.48. The highest BCUT2D eigenvalue weighted by Crippen LogP contribution is 2.27. The standard InChI is InChI=1S/C17H29BrN2O/c1-14(2)12-19-13-15-7-8-17(16(18)11-15)20(3)9-5-4-6-10-21/h7-8,11,14,19,21H,4-6,9-10,12-13H2,1-3H3. The van der Waals surface area contributed by atoms with Crippen LogP contribution < -0.4 is 10.2 Å². The summed E-state index contributed by atoms with van der Waals surface area (Å²) in [4.78, 5) is 2.27. The Morgan fingerprint density at radius 3 is 2.62 bits per heavy atom. The predicted octanol–water partition coefficient (Wildman–Crippen LogP) is 3.79. The Hall–Kier alpha value is -0.580. The molecule has 120 valence electrons. The molecule has 0 fully saturated rings. The summed E-state index contributed by atoms with van der Waals surface area (Å²) in [5.41, 5.74) is 2.53. The predicted molar refractivity (Wildman–Crippen MR) is 94.9 cm³/mol. The quantitative estimate of drug-likeness (QED) is 0.626. The summed E-state index contributed by atoms with van der Waals surface area (Å²) < 4.78 is 1.15. The van der Waals surface area contributed by atoms with E-state index < -0.39 is 0 Å². The van der Waals surface area contributed by atoms with E-state index >= 15 is 0 Å². The van der Waals surface area contributed by atoms with Crippen molar-refractivity contribution >= 4 is 21.6 Å². The molecule has 0 aliphatic rings. The van der Waals surface area contributed by atoms with E-state index in [1.165, 1.54) is 11.3 Å². The number of nitrogens with zero attached hydrogens (tertiary/aromatic N) is 1. The largest absolute Gasteiger partial charge is 0.396 e. The van der Waals surface area contributed by atoms with Gasteiger partial charge in [-0.1, -0.05) is 19.9 Å². The van der Waals surface area contributed by atoms with Crippen molar-refractivity contribution < 1.29 is 5.11 Å². The third-order valence-electron chi connectivity index (χ3n) is 3.46. The monoisotopic (exact) mass is 356 g/mol. The number of unbranched alkanes of at least 4 members (excludes halogenated alkanes) is 2. The van der Waals surface area contributed by atoms with E-state index in [0.717, 1.165) is 43.4 Å². The Labute approximate surface area is 137 Å². The molecule has 1 aromatic rings. The molecule has 0 saturated carbocycles. The van der Waals surface area contributed by atoms with Gasteiger partial charge in [-0.05, 0) is 65.4 Å². The lowest BCUT2D eigenvalue weighted by atomic mass is 10.1. The zero-order valence-electron chi connectivity index (χ0n) is 13.5. The first kappa shape index (κ1) is 18.5. The first-order chi connectivity index (χ1) is 10.0. The lowest BCUT2D eigenvalue weighted by Crippen LogP contribution is -2.20. The lowest BCUT2D eigenvalue weighted by molar-refractivity contribution is 0.283. The van der Waals surface area contributed by atoms with Gasteiger partial charge in [0.05, 0.1) is 5.69 Å². The van der Waals surface area contributed by atoms with Gasteiger partial charge in [0.1, 0.15) is 0 Å². The zero-order valence-corrected chi connectivity index (χ0v) is 15.1. The fourth-order valence-electron chi connectivity index (χ4n) is 2.23. The van der Waals surface area contributed by atoms with Crippen molar-refractivity contribution in [3.63, 3.8) is 0 Å². The van der Waals surface area contributed by atoms with Crippen LogP contribution in [0.5, 0.6) is 0 Å². The second-order valence-electron chi connectivity index (χ2n) is 6.02. The van der Waals surface area contributed by atoms with Crippen molar-refractivity contribution in [3.8, 4) is 0 Å². The van der Waals surface area contributed by atoms with Gasteiger partial charge in [-0.2, -0.15) is 0 Å². The molecule has 0 aliphatic heterocycles. The molecule has 1 aromatic carbocycles. The van der Waals surface area contributed by atoms with Crippen LogP contribution >= 0.6 is 15.9 Å². The highest BCUT2D eigenvalue weighted by molar-refractivity contribution is 9.10. The molecular formula is C17H29BrN2O. The SMILES string of the molecule is CC(C)CNCc1ccc(N(C)CCCCCO)c(Br)c1. The van der Waals surface area contributed by atoms with Crippen LogP contribution in [-0.4, -0.2) is 31.9 Å². The van der Waals surface area contributed by atoms with E-state index in [-0.39, 0.29) is 0 Å². The third kappa shape index (κ3) is 7.30. The molecule has 3 nitrogen and oxygen atoms in total. The highest BCUT2D eigenvalue weighted by atomic mass is 79.9. The van der Waals surface area contributed by atoms with E-state index in [1.54, 1.807) is 0 Å². The molecular weight excluding hydrogens is 328 g/mol. The van der Waals surface area contributed by atoms with Gasteiger partial charge in [0.25, 0.3) is 0 Å². The molecule has 0 heterocycles. The minimum absolute atomic E-state index is 0.297. The molecule has 0 saturated heterocycles. The number of benzene rings is 1. The summed E-state index contributed by atoms with van der Waals surface area (Å²) >= 11 is 3.68. The Bertz CT molecular complexity index is 410. The van der Waals surface area contributed by atoms with Gasteiger partial charge in [-0.25, -0.2) is 0 Å². The van der Waals surface area contributed by atoms with Gasteiger partial charge in [0.15, 0.2) is 0 Å². The molecule has 0 unspecified atom stereocenters. The minimum Gasteiger partial charge on any atom is -0.396 e. The second kappa shape index (κ2) is 10.2. The summed E-state index contributed by atoms with van der Waals surface area (Å²) in [5, 5.41) is 12.3. The fourth-order valence-corrected chi connectivity index (χ4v) is 2.96. The summed E-state index contributed by atoms with van der Waals surface area (Å²) in [5.74, 6) is 0.678. The normalized spacial score (nSPS) is 11.1. The van der Waals surface area contributed by atoms with E-state index in [9.17, 15) is 0 Å². The van der Waals surface area contributed by atoms with Crippen LogP contribution in [0.3, 0.4) is 0 Å². The van der Waals surface area contributed by atoms with Crippen LogP contribution in [0.4, 0.5) is 5.69 Å². The molecule has 0 radical (unpaired) electrons. The number of anilines is 1. The molecule has 1 rings (SSSR count). The summed E-state index contributed by atoms with van der Waals surface area (Å²) in [6.07, 6.45) is 3.09. The number of aliphatic hydroxyl groups excluding tert-OH is 1. The Morgan fingerprint density at radius 1 is 1.24 bits per heavy atom. The summed E-state index contributed by atoms with van der Waals surface area (Å²) in [7, 11) is 2.12. The number of halogens is 1. The maximum atomic E-state index is 8.80. The second-order valence-corrected chi connectivity index (χ2v) is 6.87. The average Bonchev–Trinajstić information content (AvgIpc) is 2.43. The minimum atomic E-state index is 0.297. The Kier molecular flexibility index (Phi) is 8.97. The van der Waals surface area contributed by atoms with E-state index in [4.69, 9.17) is 5.11 Å². The van der Waals surface area contributed by atoms with Crippen LogP contribution in [-0.2, 0) is 6.54 Å². The number of hydrogen-bond acceptors (Lipinski definition) is 3. The maximum Gasteiger partial charge on any atom is 0.0508 e. The smallest absolute Gasteiger partial charge is 0.0508 e. The van der Waals surface area contributed by atoms with Crippen molar-refractivity contribution in [2.24, 2.45) is 5.92 Å². The Morgan fingerprint density at radius 2 is 2.00 bits per heavy atom. The van der Waals surface area contributed by atoms with Crippen LogP contribution in [0.15, 0.2) is 22.7 Å². The van der Waals surface area contributed by atoms with Crippen molar-refractivity contribution in [1.29, 1.82) is 0 Å². The first-order valence-corrected chi connectivity index (χ1v) is 8.65. The van der Waals surface area contributed by atoms with E-state index in [1.807, 2.05) is 0 Å². The average molecular weight is 357 g/mol. The van der Waals surface area contributed by atoms with Gasteiger partial charge in [-0.15, -0.1) is 0 Å². The van der Waals surface area contributed by atoms with Crippen molar-refractivity contribution in [2.45, 2.75) is 39.7 Å². The van der Waals surface area contributed by atoms with Crippen molar-refractivity contribution in [1.82, 2.24) is 5.32 Å².